The lowest BCUT2D eigenvalue weighted by Crippen LogP contribution is -2.26. The standard InChI is InChI=1S/C24H14FN3O3S/c25-17-10-11-19-21(12-17)32-24(27-19)28(23(30)15-6-2-1-3-7-15)26-13-16-14-31-20-9-5-4-8-18(20)22(16)29/h1-14H/b26-13+. The van der Waals surface area contributed by atoms with Crippen LogP contribution >= 0.6 is 11.3 Å². The molecule has 2 heterocycles. The van der Waals surface area contributed by atoms with E-state index in [2.05, 4.69) is 10.1 Å². The quantitative estimate of drug-likeness (QED) is 0.282. The molecule has 0 aliphatic rings. The summed E-state index contributed by atoms with van der Waals surface area (Å²) in [5, 5.41) is 6.04. The minimum absolute atomic E-state index is 0.182. The zero-order valence-electron chi connectivity index (χ0n) is 16.4. The molecule has 6 nitrogen and oxygen atoms in total. The highest BCUT2D eigenvalue weighted by Crippen LogP contribution is 2.30. The highest BCUT2D eigenvalue weighted by molar-refractivity contribution is 7.22. The minimum Gasteiger partial charge on any atom is -0.463 e. The van der Waals surface area contributed by atoms with Crippen LogP contribution in [0.25, 0.3) is 21.2 Å². The van der Waals surface area contributed by atoms with Crippen molar-refractivity contribution in [2.75, 3.05) is 5.01 Å². The van der Waals surface area contributed by atoms with Crippen molar-refractivity contribution in [2.45, 2.75) is 0 Å². The van der Waals surface area contributed by atoms with Crippen LogP contribution in [-0.4, -0.2) is 17.1 Å². The molecule has 0 saturated heterocycles. The molecule has 0 spiro atoms. The third-order valence-electron chi connectivity index (χ3n) is 4.75. The Morgan fingerprint density at radius 3 is 2.69 bits per heavy atom. The molecule has 0 fully saturated rings. The Hall–Kier alpha value is -4.17. The maximum Gasteiger partial charge on any atom is 0.280 e. The first-order chi connectivity index (χ1) is 15.6. The van der Waals surface area contributed by atoms with E-state index in [1.54, 1.807) is 54.6 Å². The largest absolute Gasteiger partial charge is 0.463 e. The molecule has 0 atom stereocenters. The van der Waals surface area contributed by atoms with Crippen LogP contribution in [0.15, 0.2) is 93.4 Å². The number of hydrazone groups is 1. The van der Waals surface area contributed by atoms with Gasteiger partial charge in [-0.15, -0.1) is 0 Å². The Kier molecular flexibility index (Phi) is 5.04. The molecule has 3 aromatic carbocycles. The van der Waals surface area contributed by atoms with Gasteiger partial charge in [0.05, 0.1) is 27.4 Å². The number of fused-ring (bicyclic) bond motifs is 2. The SMILES string of the molecule is O=C(c1ccccc1)N(/N=C/c1coc2ccccc2c1=O)c1nc2ccc(F)cc2s1. The molecular formula is C24H14FN3O3S. The number of para-hydroxylation sites is 1. The summed E-state index contributed by atoms with van der Waals surface area (Å²) in [6.07, 6.45) is 2.57. The van der Waals surface area contributed by atoms with E-state index < -0.39 is 11.7 Å². The molecule has 32 heavy (non-hydrogen) atoms. The summed E-state index contributed by atoms with van der Waals surface area (Å²) in [7, 11) is 0. The van der Waals surface area contributed by atoms with E-state index in [0.717, 1.165) is 16.3 Å². The first-order valence-corrected chi connectivity index (χ1v) is 10.4. The molecule has 0 N–H and O–H groups in total. The fourth-order valence-corrected chi connectivity index (χ4v) is 4.12. The van der Waals surface area contributed by atoms with Gasteiger partial charge in [0.15, 0.2) is 0 Å². The number of benzene rings is 3. The van der Waals surface area contributed by atoms with Crippen molar-refractivity contribution >= 4 is 49.8 Å². The lowest BCUT2D eigenvalue weighted by molar-refractivity contribution is 0.0988. The molecule has 8 heteroatoms. The van der Waals surface area contributed by atoms with Crippen LogP contribution in [0.5, 0.6) is 0 Å². The summed E-state index contributed by atoms with van der Waals surface area (Å²) in [4.78, 5) is 30.4. The van der Waals surface area contributed by atoms with Crippen molar-refractivity contribution in [3.05, 3.63) is 106 Å². The first-order valence-electron chi connectivity index (χ1n) is 9.60. The lowest BCUT2D eigenvalue weighted by Gasteiger charge is -2.13. The summed E-state index contributed by atoms with van der Waals surface area (Å²) in [6, 6.07) is 19.6. The number of amides is 1. The van der Waals surface area contributed by atoms with Gasteiger partial charge in [0.2, 0.25) is 10.6 Å². The smallest absolute Gasteiger partial charge is 0.280 e. The number of anilines is 1. The number of hydrogen-bond donors (Lipinski definition) is 0. The number of carbonyl (C=O) groups excluding carboxylic acids is 1. The molecule has 5 rings (SSSR count). The second kappa shape index (κ2) is 8.16. The summed E-state index contributed by atoms with van der Waals surface area (Å²) in [5.74, 6) is -0.836. The number of rotatable bonds is 4. The van der Waals surface area contributed by atoms with Crippen LogP contribution < -0.4 is 10.4 Å². The fourth-order valence-electron chi connectivity index (χ4n) is 3.17. The maximum atomic E-state index is 13.6. The molecule has 0 aliphatic carbocycles. The van der Waals surface area contributed by atoms with Crippen LogP contribution in [-0.2, 0) is 0 Å². The van der Waals surface area contributed by atoms with Gasteiger partial charge in [-0.1, -0.05) is 41.7 Å². The van der Waals surface area contributed by atoms with E-state index in [-0.39, 0.29) is 16.1 Å². The molecular weight excluding hydrogens is 429 g/mol. The average molecular weight is 443 g/mol. The molecule has 0 bridgehead atoms. The van der Waals surface area contributed by atoms with Crippen LogP contribution in [0.4, 0.5) is 9.52 Å². The number of aromatic nitrogens is 1. The van der Waals surface area contributed by atoms with Gasteiger partial charge >= 0.3 is 0 Å². The van der Waals surface area contributed by atoms with Crippen LogP contribution in [0.3, 0.4) is 0 Å². The summed E-state index contributed by atoms with van der Waals surface area (Å²) >= 11 is 1.12. The van der Waals surface area contributed by atoms with E-state index in [1.807, 2.05) is 0 Å². The fraction of sp³-hybridized carbons (Fsp3) is 0. The Bertz CT molecular complexity index is 1540. The van der Waals surface area contributed by atoms with Crippen LogP contribution in [0.2, 0.25) is 0 Å². The van der Waals surface area contributed by atoms with Crippen molar-refractivity contribution in [3.8, 4) is 0 Å². The predicted octanol–water partition coefficient (Wildman–Crippen LogP) is 5.22. The number of nitrogens with zero attached hydrogens (tertiary/aromatic N) is 3. The zero-order valence-corrected chi connectivity index (χ0v) is 17.3. The summed E-state index contributed by atoms with van der Waals surface area (Å²) < 4.78 is 19.7. The third kappa shape index (κ3) is 3.67. The van der Waals surface area contributed by atoms with E-state index in [4.69, 9.17) is 4.42 Å². The van der Waals surface area contributed by atoms with Crippen molar-refractivity contribution in [2.24, 2.45) is 5.10 Å². The number of thiazole rings is 1. The van der Waals surface area contributed by atoms with E-state index in [0.29, 0.717) is 26.7 Å². The molecule has 0 aliphatic heterocycles. The Morgan fingerprint density at radius 2 is 1.84 bits per heavy atom. The molecule has 0 radical (unpaired) electrons. The Balaban J connectivity index is 1.60. The first kappa shape index (κ1) is 19.8. The van der Waals surface area contributed by atoms with Gasteiger partial charge in [0.25, 0.3) is 5.91 Å². The second-order valence-electron chi connectivity index (χ2n) is 6.85. The lowest BCUT2D eigenvalue weighted by atomic mass is 10.2. The van der Waals surface area contributed by atoms with Gasteiger partial charge in [-0.2, -0.15) is 10.1 Å². The van der Waals surface area contributed by atoms with Crippen LogP contribution in [0.1, 0.15) is 15.9 Å². The Labute approximate surface area is 184 Å². The zero-order chi connectivity index (χ0) is 22.1. The summed E-state index contributed by atoms with van der Waals surface area (Å²) in [5.41, 5.74) is 1.30. The maximum absolute atomic E-state index is 13.6. The molecule has 0 saturated carbocycles. The highest BCUT2D eigenvalue weighted by atomic mass is 32.1. The van der Waals surface area contributed by atoms with Gasteiger partial charge in [-0.25, -0.2) is 9.37 Å². The number of carbonyl (C=O) groups is 1. The third-order valence-corrected chi connectivity index (χ3v) is 5.75. The van der Waals surface area contributed by atoms with Crippen molar-refractivity contribution in [1.82, 2.24) is 4.98 Å². The molecule has 2 aromatic heterocycles. The van der Waals surface area contributed by atoms with Gasteiger partial charge in [0.1, 0.15) is 17.7 Å². The summed E-state index contributed by atoms with van der Waals surface area (Å²) in [6.45, 7) is 0. The van der Waals surface area contributed by atoms with E-state index >= 15 is 0 Å². The van der Waals surface area contributed by atoms with E-state index in [1.165, 1.54) is 30.7 Å². The molecule has 5 aromatic rings. The highest BCUT2D eigenvalue weighted by Gasteiger charge is 2.21. The Morgan fingerprint density at radius 1 is 1.06 bits per heavy atom. The van der Waals surface area contributed by atoms with Crippen LogP contribution in [0, 0.1) is 5.82 Å². The monoisotopic (exact) mass is 443 g/mol. The van der Waals surface area contributed by atoms with Gasteiger partial charge in [-0.05, 0) is 42.5 Å². The van der Waals surface area contributed by atoms with Gasteiger partial charge < -0.3 is 4.42 Å². The van der Waals surface area contributed by atoms with Gasteiger partial charge in [-0.3, -0.25) is 9.59 Å². The molecule has 1 amide bonds. The average Bonchev–Trinajstić information content (AvgIpc) is 3.24. The number of hydrogen-bond acceptors (Lipinski definition) is 6. The molecule has 0 unspecified atom stereocenters. The number of halogens is 1. The normalized spacial score (nSPS) is 11.4. The second-order valence-corrected chi connectivity index (χ2v) is 7.86. The van der Waals surface area contributed by atoms with Gasteiger partial charge in [0, 0.05) is 5.56 Å². The topological polar surface area (TPSA) is 75.8 Å². The van der Waals surface area contributed by atoms with Crippen molar-refractivity contribution in [1.29, 1.82) is 0 Å². The van der Waals surface area contributed by atoms with Crippen molar-refractivity contribution in [3.63, 3.8) is 0 Å². The predicted molar refractivity (Wildman–Crippen MR) is 123 cm³/mol. The van der Waals surface area contributed by atoms with E-state index in [9.17, 15) is 14.0 Å². The van der Waals surface area contributed by atoms with Crippen molar-refractivity contribution < 1.29 is 13.6 Å². The molecule has 156 valence electrons. The minimum atomic E-state index is -0.438.